The first kappa shape index (κ1) is 10.9. The fraction of sp³-hybridized carbons (Fsp3) is 0.222. The van der Waals surface area contributed by atoms with E-state index in [1.807, 2.05) is 0 Å². The second-order valence-electron chi connectivity index (χ2n) is 2.74. The molecule has 0 aliphatic heterocycles. The molecule has 4 N–H and O–H groups in total. The molecule has 1 rings (SSSR count). The van der Waals surface area contributed by atoms with Gasteiger partial charge in [-0.3, -0.25) is 0 Å². The molecule has 14 heavy (non-hydrogen) atoms. The van der Waals surface area contributed by atoms with Crippen molar-refractivity contribution in [2.24, 2.45) is 16.5 Å². The Balaban J connectivity index is 2.87. The molecule has 0 heterocycles. The van der Waals surface area contributed by atoms with E-state index in [0.29, 0.717) is 24.5 Å². The molecule has 76 valence electrons. The Bertz CT molecular complexity index is 352. The van der Waals surface area contributed by atoms with Crippen molar-refractivity contribution in [1.29, 1.82) is 0 Å². The summed E-state index contributed by atoms with van der Waals surface area (Å²) < 4.78 is 12.8. The van der Waals surface area contributed by atoms with Crippen LogP contribution in [0.15, 0.2) is 23.2 Å². The molecule has 0 bridgehead atoms. The van der Waals surface area contributed by atoms with Gasteiger partial charge in [-0.2, -0.15) is 0 Å². The van der Waals surface area contributed by atoms with Gasteiger partial charge in [-0.25, -0.2) is 9.38 Å². The molecule has 0 radical (unpaired) electrons. The number of benzene rings is 1. The summed E-state index contributed by atoms with van der Waals surface area (Å²) in [6.45, 7) is 0.435. The Morgan fingerprint density at radius 2 is 2.21 bits per heavy atom. The van der Waals surface area contributed by atoms with Gasteiger partial charge in [0.25, 0.3) is 0 Å². The summed E-state index contributed by atoms with van der Waals surface area (Å²) in [5, 5.41) is 0.0341. The maximum Gasteiger partial charge on any atom is 0.141 e. The molecule has 1 aromatic carbocycles. The van der Waals surface area contributed by atoms with Gasteiger partial charge < -0.3 is 11.5 Å². The number of rotatable bonds is 3. The number of aliphatic imine (C=N–C) groups is 1. The van der Waals surface area contributed by atoms with Gasteiger partial charge in [0.15, 0.2) is 0 Å². The molecule has 3 nitrogen and oxygen atoms in total. The lowest BCUT2D eigenvalue weighted by Gasteiger charge is -1.99. The van der Waals surface area contributed by atoms with Crippen LogP contribution in [0.1, 0.15) is 6.42 Å². The van der Waals surface area contributed by atoms with Crippen LogP contribution in [-0.2, 0) is 0 Å². The first-order valence-corrected chi connectivity index (χ1v) is 4.49. The zero-order valence-corrected chi connectivity index (χ0v) is 8.26. The van der Waals surface area contributed by atoms with Gasteiger partial charge in [-0.05, 0) is 24.7 Å². The van der Waals surface area contributed by atoms with Crippen LogP contribution in [0.4, 0.5) is 10.1 Å². The molecule has 0 amide bonds. The highest BCUT2D eigenvalue weighted by Gasteiger charge is 2.00. The molecule has 0 saturated carbocycles. The van der Waals surface area contributed by atoms with Gasteiger partial charge in [0, 0.05) is 6.42 Å². The van der Waals surface area contributed by atoms with Crippen LogP contribution in [0, 0.1) is 5.82 Å². The normalized spacial score (nSPS) is 11.8. The molecule has 0 aliphatic rings. The number of nitrogens with zero attached hydrogens (tertiary/aromatic N) is 1. The summed E-state index contributed by atoms with van der Waals surface area (Å²) >= 11 is 5.56. The second kappa shape index (κ2) is 4.93. The molecule has 0 atom stereocenters. The highest BCUT2D eigenvalue weighted by Crippen LogP contribution is 2.21. The van der Waals surface area contributed by atoms with E-state index in [1.54, 1.807) is 0 Å². The van der Waals surface area contributed by atoms with Crippen molar-refractivity contribution in [3.05, 3.63) is 29.0 Å². The smallest absolute Gasteiger partial charge is 0.141 e. The third-order valence-corrected chi connectivity index (χ3v) is 1.87. The van der Waals surface area contributed by atoms with Crippen molar-refractivity contribution < 1.29 is 4.39 Å². The molecule has 0 unspecified atom stereocenters. The number of amidine groups is 1. The van der Waals surface area contributed by atoms with Gasteiger partial charge in [-0.15, -0.1) is 0 Å². The van der Waals surface area contributed by atoms with Crippen LogP contribution in [0.5, 0.6) is 0 Å². The van der Waals surface area contributed by atoms with Crippen molar-refractivity contribution in [1.82, 2.24) is 0 Å². The molecular weight excluding hydrogens is 205 g/mol. The van der Waals surface area contributed by atoms with Gasteiger partial charge in [-0.1, -0.05) is 11.6 Å². The molecular formula is C9H11ClFN3. The van der Waals surface area contributed by atoms with Crippen LogP contribution in [-0.4, -0.2) is 12.4 Å². The Morgan fingerprint density at radius 3 is 2.79 bits per heavy atom. The Hall–Kier alpha value is -1.13. The lowest BCUT2D eigenvalue weighted by molar-refractivity contribution is 0.628. The summed E-state index contributed by atoms with van der Waals surface area (Å²) in [7, 11) is 0. The minimum absolute atomic E-state index is 0.0341. The third-order valence-electron chi connectivity index (χ3n) is 1.58. The highest BCUT2D eigenvalue weighted by atomic mass is 35.5. The van der Waals surface area contributed by atoms with E-state index in [0.717, 1.165) is 0 Å². The highest BCUT2D eigenvalue weighted by molar-refractivity contribution is 6.31. The Kier molecular flexibility index (Phi) is 3.85. The van der Waals surface area contributed by atoms with Crippen LogP contribution in [0.2, 0.25) is 5.02 Å². The Morgan fingerprint density at radius 1 is 1.50 bits per heavy atom. The number of halogens is 2. The largest absolute Gasteiger partial charge is 0.387 e. The number of hydrogen-bond donors (Lipinski definition) is 2. The lowest BCUT2D eigenvalue weighted by Crippen LogP contribution is -2.16. The van der Waals surface area contributed by atoms with Crippen molar-refractivity contribution in [3.63, 3.8) is 0 Å². The second-order valence-corrected chi connectivity index (χ2v) is 3.15. The van der Waals surface area contributed by atoms with Gasteiger partial charge in [0.2, 0.25) is 0 Å². The predicted molar refractivity (Wildman–Crippen MR) is 56.4 cm³/mol. The average molecular weight is 216 g/mol. The van der Waals surface area contributed by atoms with E-state index in [2.05, 4.69) is 4.99 Å². The summed E-state index contributed by atoms with van der Waals surface area (Å²) in [5.74, 6) is -0.0572. The number of nitrogens with two attached hydrogens (primary N) is 2. The standard InChI is InChI=1S/C9H11ClFN3/c10-7-5-6(1-2-8(7)11)14-9(13)3-4-12/h1-2,5H,3-4,12H2,(H2,13,14). The fourth-order valence-electron chi connectivity index (χ4n) is 0.924. The summed E-state index contributed by atoms with van der Waals surface area (Å²) in [5.41, 5.74) is 11.4. The third kappa shape index (κ3) is 2.97. The molecule has 1 aromatic rings. The predicted octanol–water partition coefficient (Wildman–Crippen LogP) is 1.82. The van der Waals surface area contributed by atoms with Crippen LogP contribution in [0.3, 0.4) is 0 Å². The van der Waals surface area contributed by atoms with Crippen molar-refractivity contribution in [2.75, 3.05) is 6.54 Å². The molecule has 0 spiro atoms. The maximum absolute atomic E-state index is 12.8. The number of hydrogen-bond acceptors (Lipinski definition) is 2. The molecule has 0 fully saturated rings. The summed E-state index contributed by atoms with van der Waals surface area (Å²) in [6.07, 6.45) is 0.509. The van der Waals surface area contributed by atoms with Crippen molar-refractivity contribution in [3.8, 4) is 0 Å². The SMILES string of the molecule is NCCC(N)=Nc1ccc(F)c(Cl)c1. The fourth-order valence-corrected chi connectivity index (χ4v) is 1.10. The van der Waals surface area contributed by atoms with E-state index in [1.165, 1.54) is 18.2 Å². The van der Waals surface area contributed by atoms with Gasteiger partial charge in [0.05, 0.1) is 10.7 Å². The average Bonchev–Trinajstić information content (AvgIpc) is 2.12. The topological polar surface area (TPSA) is 64.4 Å². The van der Waals surface area contributed by atoms with Gasteiger partial charge >= 0.3 is 0 Å². The van der Waals surface area contributed by atoms with E-state index in [9.17, 15) is 4.39 Å². The first-order valence-electron chi connectivity index (χ1n) is 4.11. The molecule has 0 saturated heterocycles. The Labute approximate surface area is 86.6 Å². The summed E-state index contributed by atoms with van der Waals surface area (Å²) in [6, 6.07) is 4.17. The van der Waals surface area contributed by atoms with Gasteiger partial charge in [0.1, 0.15) is 11.7 Å². The van der Waals surface area contributed by atoms with E-state index in [-0.39, 0.29) is 5.02 Å². The lowest BCUT2D eigenvalue weighted by atomic mass is 10.3. The monoisotopic (exact) mass is 215 g/mol. The molecule has 0 aliphatic carbocycles. The molecule has 0 aromatic heterocycles. The summed E-state index contributed by atoms with van der Waals surface area (Å²) in [4.78, 5) is 4.01. The van der Waals surface area contributed by atoms with Crippen LogP contribution < -0.4 is 11.5 Å². The molecule has 5 heteroatoms. The van der Waals surface area contributed by atoms with E-state index < -0.39 is 5.82 Å². The zero-order chi connectivity index (χ0) is 10.6. The van der Waals surface area contributed by atoms with Crippen molar-refractivity contribution in [2.45, 2.75) is 6.42 Å². The minimum atomic E-state index is -0.469. The maximum atomic E-state index is 12.8. The minimum Gasteiger partial charge on any atom is -0.387 e. The van der Waals surface area contributed by atoms with E-state index >= 15 is 0 Å². The van der Waals surface area contributed by atoms with E-state index in [4.69, 9.17) is 23.1 Å². The van der Waals surface area contributed by atoms with Crippen molar-refractivity contribution >= 4 is 23.1 Å². The quantitative estimate of drug-likeness (QED) is 0.597. The van der Waals surface area contributed by atoms with Crippen LogP contribution in [0.25, 0.3) is 0 Å². The zero-order valence-electron chi connectivity index (χ0n) is 7.50. The first-order chi connectivity index (χ1) is 6.63. The van der Waals surface area contributed by atoms with Crippen LogP contribution >= 0.6 is 11.6 Å².